The topological polar surface area (TPSA) is 77.5 Å². The number of rotatable bonds is 6. The molecule has 3 aliphatic rings. The minimum absolute atomic E-state index is 0.221. The summed E-state index contributed by atoms with van der Waals surface area (Å²) < 4.78 is 19.7. The van der Waals surface area contributed by atoms with E-state index in [1.54, 1.807) is 6.07 Å². The highest BCUT2D eigenvalue weighted by atomic mass is 19.1. The third kappa shape index (κ3) is 4.88. The minimum Gasteiger partial charge on any atom is -0.494 e. The number of nitrogens with two attached hydrogens (primary N) is 2. The fourth-order valence-corrected chi connectivity index (χ4v) is 5.47. The molecule has 3 aliphatic heterocycles. The van der Waals surface area contributed by atoms with Crippen LogP contribution in [0.1, 0.15) is 45.4 Å². The number of halogens is 1. The van der Waals surface area contributed by atoms with Crippen LogP contribution in [0, 0.1) is 5.82 Å². The maximum absolute atomic E-state index is 14.6. The summed E-state index contributed by atoms with van der Waals surface area (Å²) in [5.74, 6) is -0.186. The number of likely N-dealkylation sites (tertiary alicyclic amines) is 1. The lowest BCUT2D eigenvalue weighted by atomic mass is 10.2. The second-order valence-corrected chi connectivity index (χ2v) is 9.20. The van der Waals surface area contributed by atoms with E-state index < -0.39 is 18.4 Å². The van der Waals surface area contributed by atoms with E-state index in [9.17, 15) is 4.39 Å². The Morgan fingerprint density at radius 2 is 1.75 bits per heavy atom. The van der Waals surface area contributed by atoms with Gasteiger partial charge in [-0.1, -0.05) is 19.8 Å². The van der Waals surface area contributed by atoms with Gasteiger partial charge in [0.1, 0.15) is 6.29 Å². The Morgan fingerprint density at radius 3 is 2.41 bits per heavy atom. The molecule has 1 aromatic carbocycles. The summed E-state index contributed by atoms with van der Waals surface area (Å²) in [6.45, 7) is 7.97. The molecule has 0 spiro atoms. The van der Waals surface area contributed by atoms with Gasteiger partial charge in [0.2, 0.25) is 0 Å². The monoisotopic (exact) mass is 449 g/mol. The Hall–Kier alpha value is -1.49. The lowest BCUT2D eigenvalue weighted by molar-refractivity contribution is -0.135. The minimum atomic E-state index is -0.460. The number of methoxy groups -OCH3 is 1. The van der Waals surface area contributed by atoms with E-state index in [-0.39, 0.29) is 5.75 Å². The molecule has 3 unspecified atom stereocenters. The highest BCUT2D eigenvalue weighted by molar-refractivity contribution is 5.51. The van der Waals surface area contributed by atoms with Gasteiger partial charge in [0, 0.05) is 37.4 Å². The first kappa shape index (κ1) is 23.7. The summed E-state index contributed by atoms with van der Waals surface area (Å²) in [6, 6.07) is 5.46. The van der Waals surface area contributed by atoms with E-state index in [2.05, 4.69) is 26.7 Å². The van der Waals surface area contributed by atoms with Crippen molar-refractivity contribution >= 4 is 5.69 Å². The molecule has 3 saturated heterocycles. The Balaban J connectivity index is 1.62. The van der Waals surface area contributed by atoms with Crippen molar-refractivity contribution in [2.24, 2.45) is 11.5 Å². The van der Waals surface area contributed by atoms with Gasteiger partial charge in [0.15, 0.2) is 17.9 Å². The van der Waals surface area contributed by atoms with Crippen LogP contribution in [0.15, 0.2) is 18.2 Å². The van der Waals surface area contributed by atoms with Crippen molar-refractivity contribution in [3.63, 3.8) is 0 Å². The number of anilines is 1. The van der Waals surface area contributed by atoms with E-state index in [4.69, 9.17) is 16.2 Å². The highest BCUT2D eigenvalue weighted by Gasteiger charge is 2.41. The van der Waals surface area contributed by atoms with Crippen molar-refractivity contribution in [1.29, 1.82) is 0 Å². The number of nitrogens with zero attached hydrogens (tertiary/aromatic N) is 5. The number of hydrogen-bond acceptors (Lipinski definition) is 8. The van der Waals surface area contributed by atoms with E-state index in [1.807, 2.05) is 11.0 Å². The lowest BCUT2D eigenvalue weighted by Crippen LogP contribution is -2.75. The second-order valence-electron chi connectivity index (χ2n) is 9.20. The summed E-state index contributed by atoms with van der Waals surface area (Å²) >= 11 is 0. The molecule has 0 saturated carbocycles. The summed E-state index contributed by atoms with van der Waals surface area (Å²) in [6.07, 6.45) is 6.36. The van der Waals surface area contributed by atoms with Crippen LogP contribution < -0.4 is 21.1 Å². The number of likely N-dealkylation sites (N-methyl/N-ethyl adjacent to an activating group) is 1. The average Bonchev–Trinajstić information content (AvgIpc) is 3.06. The summed E-state index contributed by atoms with van der Waals surface area (Å²) in [5, 5.41) is 4.62. The first-order valence-corrected chi connectivity index (χ1v) is 12.2. The quantitative estimate of drug-likeness (QED) is 0.683. The molecule has 3 fully saturated rings. The molecule has 4 rings (SSSR count). The Kier molecular flexibility index (Phi) is 7.86. The molecule has 0 aromatic heterocycles. The Labute approximate surface area is 191 Å². The molecule has 0 amide bonds. The Bertz CT molecular complexity index is 745. The van der Waals surface area contributed by atoms with Crippen LogP contribution in [-0.4, -0.2) is 84.9 Å². The fraction of sp³-hybridized carbons (Fsp3) is 0.739. The van der Waals surface area contributed by atoms with Crippen LogP contribution in [0.2, 0.25) is 0 Å². The van der Waals surface area contributed by atoms with Gasteiger partial charge in [-0.3, -0.25) is 21.3 Å². The molecule has 0 radical (unpaired) electrons. The van der Waals surface area contributed by atoms with Crippen LogP contribution >= 0.6 is 0 Å². The molecule has 1 aromatic rings. The number of hydrazine groups is 1. The van der Waals surface area contributed by atoms with Crippen LogP contribution in [0.5, 0.6) is 5.75 Å². The van der Waals surface area contributed by atoms with Gasteiger partial charge >= 0.3 is 0 Å². The van der Waals surface area contributed by atoms with Crippen molar-refractivity contribution in [3.05, 3.63) is 24.0 Å². The van der Waals surface area contributed by atoms with Gasteiger partial charge in [-0.2, -0.15) is 5.01 Å². The zero-order valence-electron chi connectivity index (χ0n) is 19.6. The normalized spacial score (nSPS) is 29.4. The Morgan fingerprint density at radius 1 is 1.00 bits per heavy atom. The third-order valence-corrected chi connectivity index (χ3v) is 7.31. The average molecular weight is 450 g/mol. The summed E-state index contributed by atoms with van der Waals surface area (Å²) in [4.78, 5) is 6.78. The molecular formula is C23H40FN7O. The smallest absolute Gasteiger partial charge is 0.167 e. The predicted molar refractivity (Wildman–Crippen MR) is 125 cm³/mol. The van der Waals surface area contributed by atoms with Gasteiger partial charge < -0.3 is 9.64 Å². The van der Waals surface area contributed by atoms with E-state index >= 15 is 0 Å². The lowest BCUT2D eigenvalue weighted by Gasteiger charge is -2.54. The van der Waals surface area contributed by atoms with E-state index in [1.165, 1.54) is 51.7 Å². The van der Waals surface area contributed by atoms with Gasteiger partial charge in [-0.25, -0.2) is 9.40 Å². The summed E-state index contributed by atoms with van der Waals surface area (Å²) in [7, 11) is 1.47. The maximum atomic E-state index is 14.6. The molecule has 0 bridgehead atoms. The molecule has 8 nitrogen and oxygen atoms in total. The first-order valence-electron chi connectivity index (χ1n) is 12.2. The van der Waals surface area contributed by atoms with Gasteiger partial charge in [-0.15, -0.1) is 0 Å². The van der Waals surface area contributed by atoms with E-state index in [0.29, 0.717) is 18.4 Å². The summed E-state index contributed by atoms with van der Waals surface area (Å²) in [5.41, 5.74) is 14.3. The zero-order chi connectivity index (χ0) is 22.7. The van der Waals surface area contributed by atoms with Crippen molar-refractivity contribution in [3.8, 4) is 5.75 Å². The zero-order valence-corrected chi connectivity index (χ0v) is 19.6. The van der Waals surface area contributed by atoms with Gasteiger partial charge in [0.25, 0.3) is 0 Å². The largest absolute Gasteiger partial charge is 0.494 e. The molecule has 0 aliphatic carbocycles. The third-order valence-electron chi connectivity index (χ3n) is 7.31. The molecule has 3 heterocycles. The predicted octanol–water partition coefficient (Wildman–Crippen LogP) is 1.98. The molecule has 4 N–H and O–H groups in total. The van der Waals surface area contributed by atoms with Crippen LogP contribution in [0.25, 0.3) is 0 Å². The van der Waals surface area contributed by atoms with Crippen molar-refractivity contribution in [2.75, 3.05) is 51.4 Å². The number of benzene rings is 1. The van der Waals surface area contributed by atoms with Gasteiger partial charge in [0.05, 0.1) is 13.8 Å². The standard InChI is InChI=1S/C23H40FN7O/c1-3-27-12-8-9-19(27)16-28-17-30(29-13-6-4-5-7-14-29)23(26)31(22(28)25)18-10-11-21(32-2)20(24)15-18/h10-11,15,19,22-23H,3-9,12-14,16-17,25-26H2,1-2H3. The molecule has 3 atom stereocenters. The molecule has 9 heteroatoms. The molecule has 180 valence electrons. The molecular weight excluding hydrogens is 409 g/mol. The number of ether oxygens (including phenoxy) is 1. The van der Waals surface area contributed by atoms with Crippen LogP contribution in [0.4, 0.5) is 10.1 Å². The SMILES string of the molecule is CCN1CCCC1CN1CN(N2CCCCCC2)C(N)N(c2ccc(OC)c(F)c2)C1N. The van der Waals surface area contributed by atoms with Crippen molar-refractivity contribution in [1.82, 2.24) is 19.8 Å². The number of hydrogen-bond donors (Lipinski definition) is 2. The van der Waals surface area contributed by atoms with Crippen LogP contribution in [0.3, 0.4) is 0 Å². The highest BCUT2D eigenvalue weighted by Crippen LogP contribution is 2.30. The maximum Gasteiger partial charge on any atom is 0.167 e. The van der Waals surface area contributed by atoms with Crippen molar-refractivity contribution in [2.45, 2.75) is 64.1 Å². The second kappa shape index (κ2) is 10.6. The fourth-order valence-electron chi connectivity index (χ4n) is 5.47. The van der Waals surface area contributed by atoms with E-state index in [0.717, 1.165) is 32.7 Å². The van der Waals surface area contributed by atoms with Gasteiger partial charge in [-0.05, 0) is 50.9 Å². The first-order chi connectivity index (χ1) is 15.5. The van der Waals surface area contributed by atoms with Crippen LogP contribution in [-0.2, 0) is 0 Å². The molecule has 32 heavy (non-hydrogen) atoms. The van der Waals surface area contributed by atoms with Crippen molar-refractivity contribution < 1.29 is 9.13 Å².